The van der Waals surface area contributed by atoms with Crippen molar-refractivity contribution in [1.29, 1.82) is 0 Å². The first kappa shape index (κ1) is 17.6. The molecule has 1 aliphatic carbocycles. The molecule has 1 unspecified atom stereocenters. The minimum atomic E-state index is -0.352. The summed E-state index contributed by atoms with van der Waals surface area (Å²) in [7, 11) is 1.82. The van der Waals surface area contributed by atoms with Gasteiger partial charge < -0.3 is 9.39 Å². The van der Waals surface area contributed by atoms with Gasteiger partial charge in [0.25, 0.3) is 0 Å². The van der Waals surface area contributed by atoms with Crippen molar-refractivity contribution in [3.8, 4) is 0 Å². The summed E-state index contributed by atoms with van der Waals surface area (Å²) in [5, 5.41) is 0. The van der Waals surface area contributed by atoms with Crippen molar-refractivity contribution in [2.24, 2.45) is 5.92 Å². The lowest BCUT2D eigenvalue weighted by atomic mass is 9.75. The van der Waals surface area contributed by atoms with Gasteiger partial charge in [-0.05, 0) is 53.9 Å². The molecule has 1 radical (unpaired) electrons. The smallest absolute Gasteiger partial charge is 0.326 e. The fourth-order valence-electron chi connectivity index (χ4n) is 1.80. The summed E-state index contributed by atoms with van der Waals surface area (Å²) in [5.41, 5.74) is 0.797. The molecule has 0 aromatic carbocycles. The topological polar surface area (TPSA) is 35.5 Å². The van der Waals surface area contributed by atoms with E-state index in [1.807, 2.05) is 42.1 Å². The molecule has 1 atom stereocenters. The summed E-state index contributed by atoms with van der Waals surface area (Å²) in [6.07, 6.45) is 4.49. The number of hydrogen-bond donors (Lipinski definition) is 1. The Morgan fingerprint density at radius 2 is 2.10 bits per heavy atom. The maximum absolute atomic E-state index is 11.7. The van der Waals surface area contributed by atoms with Crippen molar-refractivity contribution < 1.29 is 14.2 Å². The highest BCUT2D eigenvalue weighted by molar-refractivity contribution is 7.81. The molecule has 113 valence electrons. The van der Waals surface area contributed by atoms with Gasteiger partial charge in [-0.3, -0.25) is 4.79 Å². The summed E-state index contributed by atoms with van der Waals surface area (Å²) in [6, 6.07) is 0. The molecule has 0 aromatic heterocycles. The quantitative estimate of drug-likeness (QED) is 0.464. The highest BCUT2D eigenvalue weighted by Crippen LogP contribution is 2.32. The minimum absolute atomic E-state index is 0.00132. The zero-order valence-corrected chi connectivity index (χ0v) is 14.1. The SMILES string of the molecule is CCOC(=O)C1CC=C([B]OC(C)(C)C(C)(C)S)CC1. The van der Waals surface area contributed by atoms with Crippen molar-refractivity contribution >= 4 is 26.1 Å². The maximum atomic E-state index is 11.7. The second-order valence-corrected chi connectivity index (χ2v) is 7.43. The van der Waals surface area contributed by atoms with E-state index in [0.717, 1.165) is 24.7 Å². The van der Waals surface area contributed by atoms with Crippen LogP contribution in [0.4, 0.5) is 0 Å². The minimum Gasteiger partial charge on any atom is -0.466 e. The number of carbonyl (C=O) groups excluding carboxylic acids is 1. The predicted molar refractivity (Wildman–Crippen MR) is 86.0 cm³/mol. The van der Waals surface area contributed by atoms with Gasteiger partial charge in [-0.1, -0.05) is 11.5 Å². The van der Waals surface area contributed by atoms with E-state index in [1.54, 1.807) is 0 Å². The van der Waals surface area contributed by atoms with Crippen molar-refractivity contribution in [1.82, 2.24) is 0 Å². The largest absolute Gasteiger partial charge is 0.466 e. The predicted octanol–water partition coefficient (Wildman–Crippen LogP) is 3.36. The van der Waals surface area contributed by atoms with E-state index in [2.05, 4.69) is 18.7 Å². The molecule has 3 nitrogen and oxygen atoms in total. The Hall–Kier alpha value is -0.415. The fourth-order valence-corrected chi connectivity index (χ4v) is 1.86. The standard InChI is InChI=1S/C15H26BO3S/c1-6-18-13(17)11-7-9-12(10-8-11)16-19-14(2,3)15(4,5)20/h9,11,20H,6-8,10H2,1-5H3. The van der Waals surface area contributed by atoms with Crippen LogP contribution in [0.5, 0.6) is 0 Å². The molecule has 20 heavy (non-hydrogen) atoms. The van der Waals surface area contributed by atoms with Gasteiger partial charge in [-0.25, -0.2) is 0 Å². The summed E-state index contributed by atoms with van der Waals surface area (Å²) < 4.78 is 10.7. The molecule has 1 rings (SSSR count). The van der Waals surface area contributed by atoms with Crippen LogP contribution < -0.4 is 0 Å². The molecule has 0 bridgehead atoms. The third-order valence-corrected chi connectivity index (χ3v) is 4.58. The molecular weight excluding hydrogens is 271 g/mol. The zero-order chi connectivity index (χ0) is 15.4. The molecule has 0 aromatic rings. The van der Waals surface area contributed by atoms with Gasteiger partial charge in [0.05, 0.1) is 18.1 Å². The molecule has 0 saturated heterocycles. The van der Waals surface area contributed by atoms with E-state index in [1.165, 1.54) is 0 Å². The first-order valence-corrected chi connectivity index (χ1v) is 7.71. The van der Waals surface area contributed by atoms with Crippen LogP contribution in [0.3, 0.4) is 0 Å². The highest BCUT2D eigenvalue weighted by atomic mass is 32.1. The van der Waals surface area contributed by atoms with E-state index in [0.29, 0.717) is 6.61 Å². The Bertz CT molecular complexity index is 372. The summed E-state index contributed by atoms with van der Waals surface area (Å²) in [4.78, 5) is 11.7. The van der Waals surface area contributed by atoms with E-state index in [-0.39, 0.29) is 22.2 Å². The van der Waals surface area contributed by atoms with Crippen molar-refractivity contribution in [3.63, 3.8) is 0 Å². The van der Waals surface area contributed by atoms with Crippen LogP contribution in [-0.4, -0.2) is 30.4 Å². The second-order valence-electron chi connectivity index (χ2n) is 6.31. The Kier molecular flexibility index (Phi) is 6.20. The van der Waals surface area contributed by atoms with Crippen LogP contribution in [0, 0.1) is 5.92 Å². The lowest BCUT2D eigenvalue weighted by molar-refractivity contribution is -0.148. The molecular formula is C15H26BO3S. The number of esters is 1. The van der Waals surface area contributed by atoms with Crippen LogP contribution in [0.15, 0.2) is 11.5 Å². The van der Waals surface area contributed by atoms with Gasteiger partial charge in [-0.2, -0.15) is 12.6 Å². The number of rotatable bonds is 6. The van der Waals surface area contributed by atoms with Crippen molar-refractivity contribution in [2.45, 2.75) is 64.2 Å². The van der Waals surface area contributed by atoms with Gasteiger partial charge in [0.15, 0.2) is 0 Å². The fraction of sp³-hybridized carbons (Fsp3) is 0.800. The summed E-state index contributed by atoms with van der Waals surface area (Å²) >= 11 is 4.57. The number of thiol groups is 1. The molecule has 0 heterocycles. The summed E-state index contributed by atoms with van der Waals surface area (Å²) in [6.45, 7) is 10.4. The number of allylic oxidation sites excluding steroid dienone is 2. The normalized spacial score (nSPS) is 20.3. The van der Waals surface area contributed by atoms with E-state index in [4.69, 9.17) is 9.39 Å². The van der Waals surface area contributed by atoms with Crippen LogP contribution in [-0.2, 0) is 14.2 Å². The number of ether oxygens (including phenoxy) is 1. The average Bonchev–Trinajstić information content (AvgIpc) is 2.36. The van der Waals surface area contributed by atoms with Crippen LogP contribution >= 0.6 is 12.6 Å². The van der Waals surface area contributed by atoms with Crippen LogP contribution in [0.1, 0.15) is 53.9 Å². The van der Waals surface area contributed by atoms with E-state index in [9.17, 15) is 4.79 Å². The lowest BCUT2D eigenvalue weighted by Gasteiger charge is -2.38. The third-order valence-electron chi connectivity index (χ3n) is 4.04. The Labute approximate surface area is 129 Å². The van der Waals surface area contributed by atoms with Crippen LogP contribution in [0.2, 0.25) is 0 Å². The molecule has 0 saturated carbocycles. The molecule has 1 aliphatic rings. The molecule has 0 amide bonds. The lowest BCUT2D eigenvalue weighted by Crippen LogP contribution is -2.44. The second kappa shape index (κ2) is 7.03. The molecule has 5 heteroatoms. The third kappa shape index (κ3) is 4.85. The van der Waals surface area contributed by atoms with Gasteiger partial charge in [0, 0.05) is 4.75 Å². The monoisotopic (exact) mass is 297 g/mol. The van der Waals surface area contributed by atoms with Crippen molar-refractivity contribution in [2.75, 3.05) is 6.61 Å². The van der Waals surface area contributed by atoms with Crippen LogP contribution in [0.25, 0.3) is 0 Å². The maximum Gasteiger partial charge on any atom is 0.326 e. The van der Waals surface area contributed by atoms with Gasteiger partial charge in [0.1, 0.15) is 0 Å². The molecule has 0 aliphatic heterocycles. The van der Waals surface area contributed by atoms with Gasteiger partial charge in [-0.15, -0.1) is 0 Å². The van der Waals surface area contributed by atoms with E-state index < -0.39 is 0 Å². The molecule has 0 spiro atoms. The zero-order valence-electron chi connectivity index (χ0n) is 13.2. The Morgan fingerprint density at radius 3 is 2.55 bits per heavy atom. The Balaban J connectivity index is 2.47. The average molecular weight is 297 g/mol. The molecule has 0 fully saturated rings. The first-order chi connectivity index (χ1) is 9.17. The number of hydrogen-bond acceptors (Lipinski definition) is 4. The van der Waals surface area contributed by atoms with E-state index >= 15 is 0 Å². The summed E-state index contributed by atoms with van der Waals surface area (Å²) in [5.74, 6) is -0.0815. The number of carbonyl (C=O) groups is 1. The van der Waals surface area contributed by atoms with Crippen molar-refractivity contribution in [3.05, 3.63) is 11.5 Å². The van der Waals surface area contributed by atoms with Gasteiger partial charge in [0.2, 0.25) is 0 Å². The highest BCUT2D eigenvalue weighted by Gasteiger charge is 2.35. The Morgan fingerprint density at radius 1 is 1.45 bits per heavy atom. The molecule has 0 N–H and O–H groups in total. The van der Waals surface area contributed by atoms with Gasteiger partial charge >= 0.3 is 13.5 Å². The first-order valence-electron chi connectivity index (χ1n) is 7.26.